The summed E-state index contributed by atoms with van der Waals surface area (Å²) in [6.07, 6.45) is 0. The predicted molar refractivity (Wildman–Crippen MR) is 181 cm³/mol. The van der Waals surface area contributed by atoms with Gasteiger partial charge >= 0.3 is 0 Å². The first-order valence-corrected chi connectivity index (χ1v) is 14.7. The maximum Gasteiger partial charge on any atom is 0.235 e. The minimum absolute atomic E-state index is 0.686. The number of para-hydroxylation sites is 1. The first kappa shape index (κ1) is 22.8. The quantitative estimate of drug-likeness (QED) is 0.202. The average Bonchev–Trinajstić information content (AvgIpc) is 3.40. The Kier molecular flexibility index (Phi) is 4.45. The van der Waals surface area contributed by atoms with Crippen molar-refractivity contribution in [3.05, 3.63) is 140 Å². The third-order valence-electron chi connectivity index (χ3n) is 9.10. The standard InChI is InChI=1S/C40H23N3/c1-2-11-25-22-27(21-20-24(25)10-1)39-32-16-7-8-18-33(32)41-40(42-39)43-34-19-9-17-31-29-14-5-6-15-30(29)36-28-13-4-3-12-26(28)23-35(43)38(36)37(31)34/h1-23H. The molecule has 0 unspecified atom stereocenters. The predicted octanol–water partition coefficient (Wildman–Crippen LogP) is 10.4. The summed E-state index contributed by atoms with van der Waals surface area (Å²) in [4.78, 5) is 10.6. The molecule has 0 atom stereocenters. The summed E-state index contributed by atoms with van der Waals surface area (Å²) in [5.74, 6) is 0.686. The molecule has 0 aliphatic heterocycles. The molecule has 0 saturated heterocycles. The number of hydrogen-bond donors (Lipinski definition) is 0. The highest BCUT2D eigenvalue weighted by molar-refractivity contribution is 6.39. The van der Waals surface area contributed by atoms with Gasteiger partial charge in [-0.3, -0.25) is 4.57 Å². The van der Waals surface area contributed by atoms with Gasteiger partial charge < -0.3 is 0 Å². The highest BCUT2D eigenvalue weighted by Crippen LogP contribution is 2.46. The van der Waals surface area contributed by atoms with Crippen molar-refractivity contribution in [2.24, 2.45) is 0 Å². The molecule has 0 N–H and O–H groups in total. The van der Waals surface area contributed by atoms with Crippen LogP contribution >= 0.6 is 0 Å². The van der Waals surface area contributed by atoms with E-state index < -0.39 is 0 Å². The van der Waals surface area contributed by atoms with E-state index in [4.69, 9.17) is 9.97 Å². The van der Waals surface area contributed by atoms with Crippen molar-refractivity contribution in [3.63, 3.8) is 0 Å². The van der Waals surface area contributed by atoms with Crippen LogP contribution in [0.3, 0.4) is 0 Å². The number of nitrogens with zero attached hydrogens (tertiary/aromatic N) is 3. The van der Waals surface area contributed by atoms with Crippen LogP contribution in [0.25, 0.3) is 93.0 Å². The topological polar surface area (TPSA) is 30.7 Å². The Morgan fingerprint density at radius 1 is 0.395 bits per heavy atom. The second kappa shape index (κ2) is 8.37. The van der Waals surface area contributed by atoms with Crippen molar-refractivity contribution in [1.82, 2.24) is 14.5 Å². The zero-order chi connectivity index (χ0) is 28.1. The van der Waals surface area contributed by atoms with Gasteiger partial charge in [0.05, 0.1) is 22.2 Å². The first-order valence-electron chi connectivity index (χ1n) is 14.7. The van der Waals surface area contributed by atoms with Gasteiger partial charge in [0, 0.05) is 27.1 Å². The van der Waals surface area contributed by atoms with Crippen LogP contribution in [0.2, 0.25) is 0 Å². The molecule has 10 aromatic rings. The Hall–Kier alpha value is -5.80. The Labute approximate surface area is 246 Å². The van der Waals surface area contributed by atoms with E-state index in [-0.39, 0.29) is 0 Å². The fourth-order valence-corrected chi connectivity index (χ4v) is 7.26. The maximum atomic E-state index is 5.38. The van der Waals surface area contributed by atoms with Crippen LogP contribution in [0.15, 0.2) is 140 Å². The van der Waals surface area contributed by atoms with Crippen LogP contribution in [0.5, 0.6) is 0 Å². The van der Waals surface area contributed by atoms with Gasteiger partial charge in [0.25, 0.3) is 0 Å². The lowest BCUT2D eigenvalue weighted by molar-refractivity contribution is 1.01. The van der Waals surface area contributed by atoms with Crippen LogP contribution in [-0.2, 0) is 0 Å². The van der Waals surface area contributed by atoms with Crippen LogP contribution < -0.4 is 0 Å². The fraction of sp³-hybridized carbons (Fsp3) is 0. The highest BCUT2D eigenvalue weighted by Gasteiger charge is 2.23. The molecule has 0 aliphatic rings. The normalized spacial score (nSPS) is 12.2. The molecule has 8 aromatic carbocycles. The average molecular weight is 546 g/mol. The SMILES string of the molecule is c1ccc2cc(-c3nc(-n4c5cccc6c7ccccc7c7c8ccccc8cc4c7c65)nc4ccccc34)ccc2c1. The van der Waals surface area contributed by atoms with Gasteiger partial charge in [-0.25, -0.2) is 9.97 Å². The van der Waals surface area contributed by atoms with Crippen molar-refractivity contribution in [2.45, 2.75) is 0 Å². The maximum absolute atomic E-state index is 5.38. The van der Waals surface area contributed by atoms with Crippen molar-refractivity contribution in [1.29, 1.82) is 0 Å². The van der Waals surface area contributed by atoms with Crippen molar-refractivity contribution in [3.8, 4) is 17.2 Å². The van der Waals surface area contributed by atoms with E-state index in [9.17, 15) is 0 Å². The highest BCUT2D eigenvalue weighted by atomic mass is 15.2. The van der Waals surface area contributed by atoms with Gasteiger partial charge in [-0.2, -0.15) is 0 Å². The molecule has 3 nitrogen and oxygen atoms in total. The summed E-state index contributed by atoms with van der Waals surface area (Å²) in [6.45, 7) is 0. The van der Waals surface area contributed by atoms with Crippen LogP contribution in [0.1, 0.15) is 0 Å². The van der Waals surface area contributed by atoms with E-state index in [1.165, 1.54) is 53.9 Å². The molecule has 0 fully saturated rings. The van der Waals surface area contributed by atoms with Crippen LogP contribution in [-0.4, -0.2) is 14.5 Å². The molecule has 0 spiro atoms. The van der Waals surface area contributed by atoms with Gasteiger partial charge in [-0.05, 0) is 62.0 Å². The van der Waals surface area contributed by atoms with Crippen molar-refractivity contribution in [2.75, 3.05) is 0 Å². The van der Waals surface area contributed by atoms with E-state index in [2.05, 4.69) is 144 Å². The summed E-state index contributed by atoms with van der Waals surface area (Å²) < 4.78 is 2.28. The lowest BCUT2D eigenvalue weighted by Crippen LogP contribution is -2.03. The van der Waals surface area contributed by atoms with Gasteiger partial charge in [-0.1, -0.05) is 115 Å². The summed E-state index contributed by atoms with van der Waals surface area (Å²) in [6, 6.07) is 50.0. The smallest absolute Gasteiger partial charge is 0.235 e. The van der Waals surface area contributed by atoms with E-state index in [1.807, 2.05) is 0 Å². The lowest BCUT2D eigenvalue weighted by atomic mass is 9.91. The van der Waals surface area contributed by atoms with Gasteiger partial charge in [0.2, 0.25) is 5.95 Å². The minimum atomic E-state index is 0.686. The molecule has 0 aliphatic carbocycles. The second-order valence-corrected chi connectivity index (χ2v) is 11.4. The molecule has 0 amide bonds. The molecule has 198 valence electrons. The molecule has 2 aromatic heterocycles. The number of benzene rings is 8. The molecule has 3 heteroatoms. The lowest BCUT2D eigenvalue weighted by Gasteiger charge is -2.13. The third kappa shape index (κ3) is 3.08. The van der Waals surface area contributed by atoms with Crippen LogP contribution in [0.4, 0.5) is 0 Å². The van der Waals surface area contributed by atoms with Crippen molar-refractivity contribution >= 4 is 75.8 Å². The number of rotatable bonds is 2. The van der Waals surface area contributed by atoms with E-state index in [0.717, 1.165) is 33.2 Å². The van der Waals surface area contributed by atoms with E-state index >= 15 is 0 Å². The number of aromatic nitrogens is 3. The molecular weight excluding hydrogens is 522 g/mol. The zero-order valence-electron chi connectivity index (χ0n) is 23.1. The summed E-state index contributed by atoms with van der Waals surface area (Å²) in [5.41, 5.74) is 5.21. The molecule has 10 rings (SSSR count). The summed E-state index contributed by atoms with van der Waals surface area (Å²) in [7, 11) is 0. The summed E-state index contributed by atoms with van der Waals surface area (Å²) in [5, 5.41) is 13.6. The Morgan fingerprint density at radius 3 is 1.95 bits per heavy atom. The van der Waals surface area contributed by atoms with Gasteiger partial charge in [0.15, 0.2) is 0 Å². The van der Waals surface area contributed by atoms with Gasteiger partial charge in [0.1, 0.15) is 0 Å². The third-order valence-corrected chi connectivity index (χ3v) is 9.10. The first-order chi connectivity index (χ1) is 21.3. The molecule has 0 bridgehead atoms. The molecule has 2 heterocycles. The number of hydrogen-bond acceptors (Lipinski definition) is 2. The summed E-state index contributed by atoms with van der Waals surface area (Å²) >= 11 is 0. The van der Waals surface area contributed by atoms with E-state index in [0.29, 0.717) is 5.95 Å². The Balaban J connectivity index is 1.39. The van der Waals surface area contributed by atoms with E-state index in [1.54, 1.807) is 0 Å². The molecule has 0 saturated carbocycles. The Morgan fingerprint density at radius 2 is 1.07 bits per heavy atom. The van der Waals surface area contributed by atoms with Crippen molar-refractivity contribution < 1.29 is 0 Å². The molecule has 43 heavy (non-hydrogen) atoms. The number of fused-ring (bicyclic) bond motifs is 7. The molecule has 0 radical (unpaired) electrons. The van der Waals surface area contributed by atoms with Gasteiger partial charge in [-0.15, -0.1) is 0 Å². The second-order valence-electron chi connectivity index (χ2n) is 11.4. The Bertz CT molecular complexity index is 2730. The van der Waals surface area contributed by atoms with Crippen LogP contribution in [0, 0.1) is 0 Å². The monoisotopic (exact) mass is 545 g/mol. The fourth-order valence-electron chi connectivity index (χ4n) is 7.26. The largest absolute Gasteiger partial charge is 0.278 e. The zero-order valence-corrected chi connectivity index (χ0v) is 23.1. The molecular formula is C40H23N3. The minimum Gasteiger partial charge on any atom is -0.278 e.